The Morgan fingerprint density at radius 3 is 2.58 bits per heavy atom. The van der Waals surface area contributed by atoms with Crippen LogP contribution in [0, 0.1) is 13.8 Å². The second-order valence-corrected chi connectivity index (χ2v) is 8.70. The molecule has 0 aliphatic heterocycles. The number of pyridine rings is 1. The molecule has 0 fully saturated rings. The number of rotatable bonds is 6. The van der Waals surface area contributed by atoms with Gasteiger partial charge in [-0.1, -0.05) is 36.0 Å². The fourth-order valence-electron chi connectivity index (χ4n) is 3.59. The molecule has 170 valence electrons. The van der Waals surface area contributed by atoms with Gasteiger partial charge in [-0.2, -0.15) is 13.2 Å². The SMILES string of the molecule is Cc1cc(C)cc(NC(=O)Cn2c(SCc3cccc(C(F)(F)F)c3)nc3ccncc32)c1. The lowest BCUT2D eigenvalue weighted by molar-refractivity contribution is -0.137. The first-order chi connectivity index (χ1) is 15.7. The van der Waals surface area contributed by atoms with Crippen LogP contribution < -0.4 is 5.32 Å². The summed E-state index contributed by atoms with van der Waals surface area (Å²) in [6, 6.07) is 12.8. The Labute approximate surface area is 193 Å². The summed E-state index contributed by atoms with van der Waals surface area (Å²) in [5.41, 5.74) is 3.96. The average molecular weight is 471 g/mol. The molecule has 9 heteroatoms. The molecule has 2 aromatic carbocycles. The molecule has 2 heterocycles. The Kier molecular flexibility index (Phi) is 6.42. The molecule has 33 heavy (non-hydrogen) atoms. The molecule has 0 bridgehead atoms. The summed E-state index contributed by atoms with van der Waals surface area (Å²) in [6.07, 6.45) is -1.16. The lowest BCUT2D eigenvalue weighted by atomic mass is 10.1. The van der Waals surface area contributed by atoms with Gasteiger partial charge in [-0.15, -0.1) is 0 Å². The Morgan fingerprint density at radius 1 is 1.09 bits per heavy atom. The number of fused-ring (bicyclic) bond motifs is 1. The first-order valence-electron chi connectivity index (χ1n) is 10.2. The van der Waals surface area contributed by atoms with Gasteiger partial charge in [-0.05, 0) is 54.8 Å². The molecule has 0 aliphatic rings. The number of alkyl halides is 3. The molecule has 0 saturated carbocycles. The van der Waals surface area contributed by atoms with Crippen LogP contribution in [0.25, 0.3) is 11.0 Å². The van der Waals surface area contributed by atoms with Crippen LogP contribution in [0.2, 0.25) is 0 Å². The van der Waals surface area contributed by atoms with Crippen molar-refractivity contribution in [2.75, 3.05) is 5.32 Å². The van der Waals surface area contributed by atoms with E-state index >= 15 is 0 Å². The third-order valence-electron chi connectivity index (χ3n) is 4.94. The van der Waals surface area contributed by atoms with Crippen molar-refractivity contribution in [3.63, 3.8) is 0 Å². The van der Waals surface area contributed by atoms with Crippen LogP contribution in [-0.4, -0.2) is 20.4 Å². The molecular formula is C24H21F3N4OS. The minimum Gasteiger partial charge on any atom is -0.325 e. The molecule has 0 spiro atoms. The number of hydrogen-bond acceptors (Lipinski definition) is 4. The number of aromatic nitrogens is 3. The summed E-state index contributed by atoms with van der Waals surface area (Å²) in [6.45, 7) is 3.92. The van der Waals surface area contributed by atoms with Gasteiger partial charge in [0.15, 0.2) is 5.16 Å². The first kappa shape index (κ1) is 22.8. The normalized spacial score (nSPS) is 11.7. The number of anilines is 1. The number of nitrogens with zero attached hydrogens (tertiary/aromatic N) is 3. The predicted octanol–water partition coefficient (Wildman–Crippen LogP) is 6.00. The van der Waals surface area contributed by atoms with E-state index < -0.39 is 11.7 Å². The molecule has 0 unspecified atom stereocenters. The Morgan fingerprint density at radius 2 is 1.85 bits per heavy atom. The van der Waals surface area contributed by atoms with E-state index in [4.69, 9.17) is 0 Å². The lowest BCUT2D eigenvalue weighted by Crippen LogP contribution is -2.19. The minimum atomic E-state index is -4.40. The van der Waals surface area contributed by atoms with Crippen LogP contribution >= 0.6 is 11.8 Å². The smallest absolute Gasteiger partial charge is 0.325 e. The standard InChI is InChI=1S/C24H21F3N4OS/c1-15-8-16(2)10-19(9-15)29-22(32)13-31-21-12-28-7-6-20(21)30-23(31)33-14-17-4-3-5-18(11-17)24(25,26)27/h3-12H,13-14H2,1-2H3,(H,29,32). The predicted molar refractivity (Wildman–Crippen MR) is 123 cm³/mol. The third kappa shape index (κ3) is 5.54. The van der Waals surface area contributed by atoms with E-state index in [1.165, 1.54) is 17.8 Å². The summed E-state index contributed by atoms with van der Waals surface area (Å²) in [4.78, 5) is 21.5. The number of benzene rings is 2. The summed E-state index contributed by atoms with van der Waals surface area (Å²) in [5.74, 6) is 0.0448. The zero-order valence-electron chi connectivity index (χ0n) is 18.0. The number of carbonyl (C=O) groups excluding carboxylic acids is 1. The third-order valence-corrected chi connectivity index (χ3v) is 5.99. The number of imidazole rings is 1. The highest BCUT2D eigenvalue weighted by molar-refractivity contribution is 7.98. The molecule has 0 aliphatic carbocycles. The van der Waals surface area contributed by atoms with Crippen molar-refractivity contribution in [2.45, 2.75) is 37.5 Å². The van der Waals surface area contributed by atoms with Crippen LogP contribution in [0.1, 0.15) is 22.3 Å². The number of hydrogen-bond donors (Lipinski definition) is 1. The van der Waals surface area contributed by atoms with Gasteiger partial charge in [0.05, 0.1) is 22.8 Å². The van der Waals surface area contributed by atoms with E-state index in [1.807, 2.05) is 32.0 Å². The van der Waals surface area contributed by atoms with Crippen molar-refractivity contribution in [3.05, 3.63) is 83.2 Å². The number of carbonyl (C=O) groups is 1. The Bertz CT molecular complexity index is 1300. The topological polar surface area (TPSA) is 59.8 Å². The molecular weight excluding hydrogens is 449 g/mol. The maximum absolute atomic E-state index is 13.0. The van der Waals surface area contributed by atoms with Gasteiger partial charge in [-0.3, -0.25) is 9.78 Å². The molecule has 0 saturated heterocycles. The maximum atomic E-state index is 13.0. The van der Waals surface area contributed by atoms with Gasteiger partial charge in [-0.25, -0.2) is 4.98 Å². The van der Waals surface area contributed by atoms with Gasteiger partial charge < -0.3 is 9.88 Å². The molecule has 5 nitrogen and oxygen atoms in total. The highest BCUT2D eigenvalue weighted by atomic mass is 32.2. The number of amides is 1. The second kappa shape index (κ2) is 9.27. The minimum absolute atomic E-state index is 0.000106. The van der Waals surface area contributed by atoms with Crippen LogP contribution in [-0.2, 0) is 23.3 Å². The summed E-state index contributed by atoms with van der Waals surface area (Å²) >= 11 is 1.28. The summed E-state index contributed by atoms with van der Waals surface area (Å²) in [7, 11) is 0. The van der Waals surface area contributed by atoms with E-state index in [0.29, 0.717) is 27.4 Å². The zero-order valence-corrected chi connectivity index (χ0v) is 18.8. The van der Waals surface area contributed by atoms with Crippen molar-refractivity contribution >= 4 is 34.4 Å². The largest absolute Gasteiger partial charge is 0.416 e. The lowest BCUT2D eigenvalue weighted by Gasteiger charge is -2.11. The molecule has 2 aromatic heterocycles. The van der Waals surface area contributed by atoms with Gasteiger partial charge >= 0.3 is 6.18 Å². The quantitative estimate of drug-likeness (QED) is 0.351. The number of aryl methyl sites for hydroxylation is 2. The van der Waals surface area contributed by atoms with E-state index in [2.05, 4.69) is 15.3 Å². The molecule has 4 rings (SSSR count). The molecule has 1 amide bonds. The number of nitrogens with one attached hydrogen (secondary N) is 1. The van der Waals surface area contributed by atoms with Gasteiger partial charge in [0, 0.05) is 17.6 Å². The maximum Gasteiger partial charge on any atom is 0.416 e. The fourth-order valence-corrected chi connectivity index (χ4v) is 4.54. The van der Waals surface area contributed by atoms with Gasteiger partial charge in [0.1, 0.15) is 6.54 Å². The molecule has 0 radical (unpaired) electrons. The van der Waals surface area contributed by atoms with Crippen LogP contribution in [0.5, 0.6) is 0 Å². The van der Waals surface area contributed by atoms with Gasteiger partial charge in [0.2, 0.25) is 5.91 Å². The average Bonchev–Trinajstić information content (AvgIpc) is 3.08. The molecule has 4 aromatic rings. The van der Waals surface area contributed by atoms with Crippen LogP contribution in [0.15, 0.2) is 66.1 Å². The Hall–Kier alpha value is -3.33. The summed E-state index contributed by atoms with van der Waals surface area (Å²) < 4.78 is 40.8. The van der Waals surface area contributed by atoms with E-state index in [-0.39, 0.29) is 18.2 Å². The second-order valence-electron chi connectivity index (χ2n) is 7.76. The molecule has 1 N–H and O–H groups in total. The highest BCUT2D eigenvalue weighted by Gasteiger charge is 2.30. The van der Waals surface area contributed by atoms with Crippen molar-refractivity contribution < 1.29 is 18.0 Å². The van der Waals surface area contributed by atoms with Crippen LogP contribution in [0.4, 0.5) is 18.9 Å². The monoisotopic (exact) mass is 470 g/mol. The Balaban J connectivity index is 1.56. The van der Waals surface area contributed by atoms with Crippen molar-refractivity contribution in [2.24, 2.45) is 0 Å². The summed E-state index contributed by atoms with van der Waals surface area (Å²) in [5, 5.41) is 3.44. The van der Waals surface area contributed by atoms with Crippen molar-refractivity contribution in [1.82, 2.24) is 14.5 Å². The fraction of sp³-hybridized carbons (Fsp3) is 0.208. The van der Waals surface area contributed by atoms with E-state index in [0.717, 1.165) is 23.3 Å². The zero-order chi connectivity index (χ0) is 23.6. The highest BCUT2D eigenvalue weighted by Crippen LogP contribution is 2.32. The first-order valence-corrected chi connectivity index (χ1v) is 11.1. The van der Waals surface area contributed by atoms with E-state index in [9.17, 15) is 18.0 Å². The van der Waals surface area contributed by atoms with Crippen LogP contribution in [0.3, 0.4) is 0 Å². The molecule has 0 atom stereocenters. The van der Waals surface area contributed by atoms with Crippen molar-refractivity contribution in [3.8, 4) is 0 Å². The van der Waals surface area contributed by atoms with Crippen molar-refractivity contribution in [1.29, 1.82) is 0 Å². The van der Waals surface area contributed by atoms with Gasteiger partial charge in [0.25, 0.3) is 0 Å². The number of thioether (sulfide) groups is 1. The number of halogens is 3. The van der Waals surface area contributed by atoms with E-state index in [1.54, 1.807) is 29.1 Å².